The molecule has 1 aromatic heterocycles. The minimum Gasteiger partial charge on any atom is -0.394 e. The quantitative estimate of drug-likeness (QED) is 0.426. The highest BCUT2D eigenvalue weighted by atomic mass is 32.1. The summed E-state index contributed by atoms with van der Waals surface area (Å²) in [4.78, 5) is 6.45. The van der Waals surface area contributed by atoms with E-state index in [2.05, 4.69) is 9.97 Å². The van der Waals surface area contributed by atoms with E-state index < -0.39 is 24.4 Å². The van der Waals surface area contributed by atoms with E-state index >= 15 is 0 Å². The van der Waals surface area contributed by atoms with Crippen LogP contribution in [-0.2, 0) is 4.74 Å². The molecule has 6 N–H and O–H groups in total. The van der Waals surface area contributed by atoms with E-state index in [0.29, 0.717) is 5.56 Å². The number of aliphatic hydroxyl groups excluding tert-OH is 3. The van der Waals surface area contributed by atoms with Crippen LogP contribution in [0.2, 0.25) is 0 Å². The Morgan fingerprint density at radius 1 is 1.47 bits per heavy atom. The number of aliphatic hydroxyl groups is 3. The topological polar surface area (TPSA) is 125 Å². The first-order valence-corrected chi connectivity index (χ1v) is 5.42. The lowest BCUT2D eigenvalue weighted by molar-refractivity contribution is -0.0230. The van der Waals surface area contributed by atoms with Gasteiger partial charge in [0.25, 0.3) is 0 Å². The van der Waals surface area contributed by atoms with E-state index in [1.807, 2.05) is 0 Å². The van der Waals surface area contributed by atoms with Crippen LogP contribution in [0.4, 0.5) is 5.95 Å². The highest BCUT2D eigenvalue weighted by Gasteiger charge is 2.43. The Morgan fingerprint density at radius 2 is 2.18 bits per heavy atom. The second-order valence-electron chi connectivity index (χ2n) is 3.81. The van der Waals surface area contributed by atoms with Crippen LogP contribution in [0.15, 0.2) is 6.20 Å². The summed E-state index contributed by atoms with van der Waals surface area (Å²) >= 11 is 5.03. The van der Waals surface area contributed by atoms with Crippen LogP contribution >= 0.6 is 12.2 Å². The summed E-state index contributed by atoms with van der Waals surface area (Å²) in [6.45, 7) is -0.381. The molecule has 2 rings (SSSR count). The summed E-state index contributed by atoms with van der Waals surface area (Å²) in [6.07, 6.45) is -2.58. The summed E-state index contributed by atoms with van der Waals surface area (Å²) in [5.74, 6) is 0.158. The third kappa shape index (κ3) is 2.17. The molecule has 1 aliphatic rings. The monoisotopic (exact) mass is 259 g/mol. The first-order valence-electron chi connectivity index (χ1n) is 5.01. The van der Waals surface area contributed by atoms with Crippen molar-refractivity contribution in [3.8, 4) is 0 Å². The van der Waals surface area contributed by atoms with E-state index in [0.717, 1.165) is 0 Å². The molecule has 1 fully saturated rings. The van der Waals surface area contributed by atoms with Crippen molar-refractivity contribution in [3.05, 3.63) is 16.4 Å². The van der Waals surface area contributed by atoms with Gasteiger partial charge in [-0.05, 0) is 0 Å². The van der Waals surface area contributed by atoms with Crippen molar-refractivity contribution in [3.63, 3.8) is 0 Å². The first-order chi connectivity index (χ1) is 8.04. The van der Waals surface area contributed by atoms with Gasteiger partial charge in [-0.15, -0.1) is 0 Å². The number of nitrogens with two attached hydrogens (primary N) is 1. The molecule has 4 unspecified atom stereocenters. The molecule has 7 nitrogen and oxygen atoms in total. The van der Waals surface area contributed by atoms with Crippen molar-refractivity contribution in [2.24, 2.45) is 0 Å². The Bertz CT molecular complexity index is 466. The minimum atomic E-state index is -1.16. The van der Waals surface area contributed by atoms with Gasteiger partial charge in [0.1, 0.15) is 29.1 Å². The number of anilines is 1. The largest absolute Gasteiger partial charge is 0.394 e. The molecule has 0 bridgehead atoms. The van der Waals surface area contributed by atoms with Crippen LogP contribution in [0, 0.1) is 4.64 Å². The number of H-pyrrole nitrogens is 1. The Labute approximate surface area is 102 Å². The fourth-order valence-electron chi connectivity index (χ4n) is 1.78. The molecule has 0 saturated carbocycles. The molecule has 0 amide bonds. The second-order valence-corrected chi connectivity index (χ2v) is 4.22. The number of aromatic nitrogens is 2. The van der Waals surface area contributed by atoms with E-state index in [1.54, 1.807) is 0 Å². The lowest BCUT2D eigenvalue weighted by atomic mass is 10.0. The Balaban J connectivity index is 2.32. The van der Waals surface area contributed by atoms with Crippen LogP contribution in [0.1, 0.15) is 11.7 Å². The number of ether oxygens (including phenoxy) is 1. The zero-order chi connectivity index (χ0) is 12.6. The lowest BCUT2D eigenvalue weighted by Gasteiger charge is -2.14. The summed E-state index contributed by atoms with van der Waals surface area (Å²) < 4.78 is 5.61. The molecule has 17 heavy (non-hydrogen) atoms. The zero-order valence-corrected chi connectivity index (χ0v) is 9.59. The van der Waals surface area contributed by atoms with Gasteiger partial charge in [0, 0.05) is 11.8 Å². The second kappa shape index (κ2) is 4.67. The SMILES string of the molecule is Nc1ncc(C2OC(CO)C(O)C2O)c(=S)[nH]1. The van der Waals surface area contributed by atoms with Crippen molar-refractivity contribution < 1.29 is 20.1 Å². The maximum Gasteiger partial charge on any atom is 0.198 e. The lowest BCUT2D eigenvalue weighted by Crippen LogP contribution is -2.32. The molecule has 0 spiro atoms. The number of hydrogen-bond acceptors (Lipinski definition) is 7. The van der Waals surface area contributed by atoms with E-state index in [9.17, 15) is 10.2 Å². The van der Waals surface area contributed by atoms with Crippen LogP contribution < -0.4 is 5.73 Å². The molecule has 0 radical (unpaired) electrons. The smallest absolute Gasteiger partial charge is 0.198 e. The molecule has 1 aliphatic heterocycles. The average molecular weight is 259 g/mol. The van der Waals surface area contributed by atoms with E-state index in [4.69, 9.17) is 27.8 Å². The zero-order valence-electron chi connectivity index (χ0n) is 8.78. The molecular formula is C9H13N3O4S. The molecule has 0 aromatic carbocycles. The number of aromatic amines is 1. The highest BCUT2D eigenvalue weighted by Crippen LogP contribution is 2.33. The number of nitrogen functional groups attached to an aromatic ring is 1. The van der Waals surface area contributed by atoms with Gasteiger partial charge in [-0.25, -0.2) is 4.98 Å². The Hall–Kier alpha value is -1.06. The summed E-state index contributed by atoms with van der Waals surface area (Å²) in [5, 5.41) is 28.4. The van der Waals surface area contributed by atoms with Gasteiger partial charge in [-0.2, -0.15) is 0 Å². The summed E-state index contributed by atoms with van der Waals surface area (Å²) in [7, 11) is 0. The third-order valence-electron chi connectivity index (χ3n) is 2.70. The molecule has 94 valence electrons. The van der Waals surface area contributed by atoms with Gasteiger partial charge in [-0.1, -0.05) is 12.2 Å². The average Bonchev–Trinajstić information content (AvgIpc) is 2.57. The molecule has 1 saturated heterocycles. The molecule has 1 aromatic rings. The van der Waals surface area contributed by atoms with Crippen LogP contribution in [0.5, 0.6) is 0 Å². The number of nitrogens with one attached hydrogen (secondary N) is 1. The first kappa shape index (κ1) is 12.4. The van der Waals surface area contributed by atoms with Crippen LogP contribution in [-0.4, -0.2) is 50.2 Å². The number of rotatable bonds is 2. The molecule has 4 atom stereocenters. The highest BCUT2D eigenvalue weighted by molar-refractivity contribution is 7.71. The molecule has 0 aliphatic carbocycles. The van der Waals surface area contributed by atoms with Gasteiger partial charge in [0.15, 0.2) is 5.95 Å². The maximum atomic E-state index is 9.80. The normalized spacial score (nSPS) is 32.9. The molecule has 2 heterocycles. The minimum absolute atomic E-state index is 0.158. The fraction of sp³-hybridized carbons (Fsp3) is 0.556. The Kier molecular flexibility index (Phi) is 3.40. The molecular weight excluding hydrogens is 246 g/mol. The standard InChI is InChI=1S/C9H13N3O4S/c10-9-11-1-3(8(17)12-9)7-6(15)5(14)4(2-13)16-7/h1,4-7,13-15H,2H2,(H3,10,11,12,17). The number of nitrogens with zero attached hydrogens (tertiary/aromatic N) is 1. The summed E-state index contributed by atoms with van der Waals surface area (Å²) in [6, 6.07) is 0. The van der Waals surface area contributed by atoms with Crippen molar-refractivity contribution in [1.29, 1.82) is 0 Å². The van der Waals surface area contributed by atoms with Crippen LogP contribution in [0.3, 0.4) is 0 Å². The predicted octanol–water partition coefficient (Wildman–Crippen LogP) is -1.12. The van der Waals surface area contributed by atoms with Crippen LogP contribution in [0.25, 0.3) is 0 Å². The third-order valence-corrected chi connectivity index (χ3v) is 3.03. The van der Waals surface area contributed by atoms with Crippen molar-refractivity contribution >= 4 is 18.2 Å². The fourth-order valence-corrected chi connectivity index (χ4v) is 2.05. The van der Waals surface area contributed by atoms with Gasteiger partial charge in [0.05, 0.1) is 6.61 Å². The summed E-state index contributed by atoms with van der Waals surface area (Å²) in [5.41, 5.74) is 5.84. The van der Waals surface area contributed by atoms with Crippen molar-refractivity contribution in [1.82, 2.24) is 9.97 Å². The predicted molar refractivity (Wildman–Crippen MR) is 60.5 cm³/mol. The van der Waals surface area contributed by atoms with Crippen molar-refractivity contribution in [2.75, 3.05) is 12.3 Å². The van der Waals surface area contributed by atoms with Gasteiger partial charge in [-0.3, -0.25) is 0 Å². The molecule has 8 heteroatoms. The van der Waals surface area contributed by atoms with Gasteiger partial charge >= 0.3 is 0 Å². The van der Waals surface area contributed by atoms with Gasteiger partial charge < -0.3 is 30.8 Å². The van der Waals surface area contributed by atoms with Crippen molar-refractivity contribution in [2.45, 2.75) is 24.4 Å². The Morgan fingerprint density at radius 3 is 2.71 bits per heavy atom. The maximum absolute atomic E-state index is 9.80. The van der Waals surface area contributed by atoms with E-state index in [-0.39, 0.29) is 17.2 Å². The number of hydrogen-bond donors (Lipinski definition) is 5. The van der Waals surface area contributed by atoms with E-state index in [1.165, 1.54) is 6.20 Å². The van der Waals surface area contributed by atoms with Gasteiger partial charge in [0.2, 0.25) is 0 Å².